The number of nitrogens with zero attached hydrogens (tertiary/aromatic N) is 2. The van der Waals surface area contributed by atoms with Crippen molar-refractivity contribution < 1.29 is 4.79 Å². The second kappa shape index (κ2) is 7.77. The highest BCUT2D eigenvalue weighted by molar-refractivity contribution is 5.94. The van der Waals surface area contributed by atoms with E-state index >= 15 is 0 Å². The first-order chi connectivity index (χ1) is 10.5. The summed E-state index contributed by atoms with van der Waals surface area (Å²) >= 11 is 0. The molecule has 3 nitrogen and oxygen atoms in total. The van der Waals surface area contributed by atoms with Gasteiger partial charge in [-0.25, -0.2) is 0 Å². The largest absolute Gasteiger partial charge is 0.336 e. The molecule has 1 unspecified atom stereocenters. The first-order valence-corrected chi connectivity index (χ1v) is 8.34. The maximum Gasteiger partial charge on any atom is 0.253 e. The maximum absolute atomic E-state index is 12.5. The van der Waals surface area contributed by atoms with Gasteiger partial charge in [-0.2, -0.15) is 0 Å². The van der Waals surface area contributed by atoms with E-state index in [1.54, 1.807) is 0 Å². The smallest absolute Gasteiger partial charge is 0.253 e. The van der Waals surface area contributed by atoms with Crippen LogP contribution in [0.4, 0.5) is 0 Å². The second-order valence-corrected chi connectivity index (χ2v) is 6.81. The second-order valence-electron chi connectivity index (χ2n) is 6.81. The lowest BCUT2D eigenvalue weighted by atomic mass is 9.91. The molecule has 0 bridgehead atoms. The third-order valence-electron chi connectivity index (χ3n) is 4.84. The molecule has 0 N–H and O–H groups in total. The van der Waals surface area contributed by atoms with Gasteiger partial charge in [-0.15, -0.1) is 0 Å². The van der Waals surface area contributed by atoms with Crippen LogP contribution < -0.4 is 0 Å². The number of hydrogen-bond donors (Lipinski definition) is 0. The van der Waals surface area contributed by atoms with E-state index in [9.17, 15) is 4.79 Å². The summed E-state index contributed by atoms with van der Waals surface area (Å²) < 4.78 is 0. The van der Waals surface area contributed by atoms with Gasteiger partial charge < -0.3 is 9.80 Å². The summed E-state index contributed by atoms with van der Waals surface area (Å²) in [5.74, 6) is 2.32. The van der Waals surface area contributed by atoms with Gasteiger partial charge in [0.05, 0.1) is 0 Å². The van der Waals surface area contributed by atoms with E-state index in [4.69, 9.17) is 0 Å². The lowest BCUT2D eigenvalue weighted by Crippen LogP contribution is -2.47. The quantitative estimate of drug-likeness (QED) is 0.833. The van der Waals surface area contributed by atoms with Crippen molar-refractivity contribution in [2.24, 2.45) is 5.92 Å². The number of benzene rings is 1. The van der Waals surface area contributed by atoms with E-state index in [2.05, 4.69) is 44.9 Å². The van der Waals surface area contributed by atoms with Crippen molar-refractivity contribution in [1.29, 1.82) is 0 Å². The van der Waals surface area contributed by atoms with Gasteiger partial charge in [-0.1, -0.05) is 32.9 Å². The summed E-state index contributed by atoms with van der Waals surface area (Å²) in [6.45, 7) is 10.3. The minimum absolute atomic E-state index is 0.172. The van der Waals surface area contributed by atoms with Gasteiger partial charge in [0.15, 0.2) is 0 Å². The van der Waals surface area contributed by atoms with Crippen molar-refractivity contribution in [2.75, 3.05) is 33.2 Å². The molecule has 1 heterocycles. The number of likely N-dealkylation sites (N-methyl/N-ethyl adjacent to an activating group) is 1. The molecule has 0 saturated carbocycles. The highest BCUT2D eigenvalue weighted by Crippen LogP contribution is 2.19. The Hall–Kier alpha value is -1.35. The topological polar surface area (TPSA) is 23.6 Å². The van der Waals surface area contributed by atoms with Crippen LogP contribution in [0.15, 0.2) is 24.3 Å². The molecule has 1 saturated heterocycles. The highest BCUT2D eigenvalue weighted by atomic mass is 16.2. The van der Waals surface area contributed by atoms with Crippen LogP contribution in [0.2, 0.25) is 0 Å². The van der Waals surface area contributed by atoms with Crippen molar-refractivity contribution in [3.05, 3.63) is 41.3 Å². The number of piperazine rings is 1. The fraction of sp³-hybridized carbons (Fsp3) is 0.579. The fourth-order valence-electron chi connectivity index (χ4n) is 2.68. The van der Waals surface area contributed by atoms with Crippen LogP contribution in [0.5, 0.6) is 0 Å². The van der Waals surface area contributed by atoms with Crippen LogP contribution in [0.1, 0.15) is 43.1 Å². The summed E-state index contributed by atoms with van der Waals surface area (Å²) in [5.41, 5.74) is 2.14. The molecule has 1 aromatic rings. The molecule has 0 aliphatic carbocycles. The zero-order valence-corrected chi connectivity index (χ0v) is 14.4. The van der Waals surface area contributed by atoms with E-state index in [0.717, 1.165) is 38.2 Å². The van der Waals surface area contributed by atoms with Crippen molar-refractivity contribution in [3.63, 3.8) is 0 Å². The molecule has 1 aliphatic heterocycles. The molecular weight excluding hydrogens is 272 g/mol. The molecule has 3 heteroatoms. The van der Waals surface area contributed by atoms with Crippen LogP contribution in [-0.2, 0) is 6.42 Å². The van der Waals surface area contributed by atoms with Gasteiger partial charge in [-0.3, -0.25) is 4.79 Å². The monoisotopic (exact) mass is 301 g/mol. The van der Waals surface area contributed by atoms with Gasteiger partial charge in [-0.05, 0) is 49.4 Å². The Morgan fingerprint density at radius 3 is 2.23 bits per heavy atom. The van der Waals surface area contributed by atoms with Crippen LogP contribution in [0, 0.1) is 11.8 Å². The number of amides is 1. The Morgan fingerprint density at radius 1 is 1.09 bits per heavy atom. The molecule has 121 valence electrons. The van der Waals surface area contributed by atoms with Crippen molar-refractivity contribution >= 4 is 5.91 Å². The molecule has 1 fully saturated rings. The van der Waals surface area contributed by atoms with Crippen molar-refractivity contribution in [3.8, 4) is 0 Å². The fourth-order valence-corrected chi connectivity index (χ4v) is 2.68. The molecule has 1 aromatic carbocycles. The normalized spacial score (nSPS) is 17.8. The Balaban J connectivity index is 1.89. The Labute approximate surface area is 135 Å². The summed E-state index contributed by atoms with van der Waals surface area (Å²) in [4.78, 5) is 16.7. The average molecular weight is 301 g/mol. The molecule has 2 rings (SSSR count). The van der Waals surface area contributed by atoms with Crippen molar-refractivity contribution in [2.45, 2.75) is 33.6 Å². The van der Waals surface area contributed by atoms with Gasteiger partial charge >= 0.3 is 0 Å². The first kappa shape index (κ1) is 17.0. The Kier molecular flexibility index (Phi) is 6.01. The highest BCUT2D eigenvalue weighted by Gasteiger charge is 2.20. The van der Waals surface area contributed by atoms with Gasteiger partial charge in [0, 0.05) is 31.7 Å². The van der Waals surface area contributed by atoms with Crippen molar-refractivity contribution in [1.82, 2.24) is 9.80 Å². The SMILES string of the molecule is C[C](C)C(C)CCc1ccc(C(=O)N2CCN(C)CC2)cc1. The van der Waals surface area contributed by atoms with E-state index in [1.165, 1.54) is 17.9 Å². The van der Waals surface area contributed by atoms with E-state index in [-0.39, 0.29) is 5.91 Å². The van der Waals surface area contributed by atoms with Crippen LogP contribution >= 0.6 is 0 Å². The number of hydrogen-bond acceptors (Lipinski definition) is 2. The van der Waals surface area contributed by atoms with Crippen LogP contribution in [0.3, 0.4) is 0 Å². The number of carbonyl (C=O) groups excluding carboxylic acids is 1. The Morgan fingerprint density at radius 2 is 1.68 bits per heavy atom. The third kappa shape index (κ3) is 4.57. The molecule has 1 atom stereocenters. The molecule has 1 radical (unpaired) electrons. The first-order valence-electron chi connectivity index (χ1n) is 8.34. The maximum atomic E-state index is 12.5. The standard InChI is InChI=1S/C19H29N2O/c1-15(2)16(3)5-6-17-7-9-18(10-8-17)19(22)21-13-11-20(4)12-14-21/h7-10,16H,5-6,11-14H2,1-4H3. The molecule has 0 spiro atoms. The molecule has 1 aliphatic rings. The summed E-state index contributed by atoms with van der Waals surface area (Å²) in [6.07, 6.45) is 2.25. The molecule has 22 heavy (non-hydrogen) atoms. The number of carbonyl (C=O) groups is 1. The van der Waals surface area contributed by atoms with Gasteiger partial charge in [0.2, 0.25) is 0 Å². The molecular formula is C19H29N2O. The van der Waals surface area contributed by atoms with Crippen LogP contribution in [-0.4, -0.2) is 48.9 Å². The zero-order chi connectivity index (χ0) is 16.1. The lowest BCUT2D eigenvalue weighted by Gasteiger charge is -2.32. The lowest BCUT2D eigenvalue weighted by molar-refractivity contribution is 0.0664. The van der Waals surface area contributed by atoms with E-state index in [0.29, 0.717) is 5.92 Å². The minimum atomic E-state index is 0.172. The number of rotatable bonds is 5. The van der Waals surface area contributed by atoms with Gasteiger partial charge in [0.1, 0.15) is 0 Å². The summed E-state index contributed by atoms with van der Waals surface area (Å²) in [6, 6.07) is 8.20. The summed E-state index contributed by atoms with van der Waals surface area (Å²) in [7, 11) is 2.10. The predicted octanol–water partition coefficient (Wildman–Crippen LogP) is 3.26. The third-order valence-corrected chi connectivity index (χ3v) is 4.84. The van der Waals surface area contributed by atoms with Gasteiger partial charge in [0.25, 0.3) is 5.91 Å². The van der Waals surface area contributed by atoms with E-state index in [1.807, 2.05) is 17.0 Å². The minimum Gasteiger partial charge on any atom is -0.336 e. The molecule has 0 aromatic heterocycles. The average Bonchev–Trinajstić information content (AvgIpc) is 2.53. The zero-order valence-electron chi connectivity index (χ0n) is 14.4. The summed E-state index contributed by atoms with van der Waals surface area (Å²) in [5, 5.41) is 0. The van der Waals surface area contributed by atoms with Crippen LogP contribution in [0.25, 0.3) is 0 Å². The Bertz CT molecular complexity index is 473. The number of aryl methyl sites for hydroxylation is 1. The van der Waals surface area contributed by atoms with E-state index < -0.39 is 0 Å². The molecule has 1 amide bonds. The predicted molar refractivity (Wildman–Crippen MR) is 91.9 cm³/mol.